The van der Waals surface area contributed by atoms with Crippen LogP contribution < -0.4 is 0 Å². The number of carbonyl (C=O) groups is 1. The highest BCUT2D eigenvalue weighted by Crippen LogP contribution is 2.30. The summed E-state index contributed by atoms with van der Waals surface area (Å²) in [5, 5.41) is 9.68. The molecule has 0 aromatic carbocycles. The van der Waals surface area contributed by atoms with E-state index in [0.717, 1.165) is 16.7 Å². The summed E-state index contributed by atoms with van der Waals surface area (Å²) in [6.07, 6.45) is 6.87. The van der Waals surface area contributed by atoms with E-state index >= 15 is 0 Å². The van der Waals surface area contributed by atoms with E-state index in [1.54, 1.807) is 24.0 Å². The van der Waals surface area contributed by atoms with E-state index < -0.39 is 5.97 Å². The van der Waals surface area contributed by atoms with Crippen LogP contribution in [0.25, 0.3) is 0 Å². The maximum Gasteiger partial charge on any atom is 0.335 e. The van der Waals surface area contributed by atoms with Gasteiger partial charge in [0, 0.05) is 11.9 Å². The van der Waals surface area contributed by atoms with Crippen molar-refractivity contribution in [3.63, 3.8) is 0 Å². The molecule has 0 bridgehead atoms. The Morgan fingerprint density at radius 3 is 2.94 bits per heavy atom. The van der Waals surface area contributed by atoms with Crippen molar-refractivity contribution in [3.8, 4) is 0 Å². The molecule has 2 rings (SSSR count). The highest BCUT2D eigenvalue weighted by atomic mass is 32.2. The van der Waals surface area contributed by atoms with Gasteiger partial charge in [-0.25, -0.2) is 9.78 Å². The van der Waals surface area contributed by atoms with Gasteiger partial charge in [0.15, 0.2) is 0 Å². The average Bonchev–Trinajstić information content (AvgIpc) is 2.79. The zero-order chi connectivity index (χ0) is 11.4. The molecule has 0 amide bonds. The molecule has 1 aliphatic rings. The summed E-state index contributed by atoms with van der Waals surface area (Å²) >= 11 is 1.67. The minimum absolute atomic E-state index is 0.323. The van der Waals surface area contributed by atoms with Crippen LogP contribution in [0.3, 0.4) is 0 Å². The van der Waals surface area contributed by atoms with Crippen LogP contribution in [0.4, 0.5) is 0 Å². The third-order valence-corrected chi connectivity index (χ3v) is 4.08. The van der Waals surface area contributed by atoms with Crippen LogP contribution in [0.1, 0.15) is 36.0 Å². The van der Waals surface area contributed by atoms with E-state index in [1.165, 1.54) is 31.7 Å². The number of carboxylic acids is 1. The minimum Gasteiger partial charge on any atom is -0.478 e. The third-order valence-electron chi connectivity index (χ3n) is 2.92. The zero-order valence-electron chi connectivity index (χ0n) is 9.06. The smallest absolute Gasteiger partial charge is 0.335 e. The van der Waals surface area contributed by atoms with Crippen molar-refractivity contribution >= 4 is 17.7 Å². The minimum atomic E-state index is -0.884. The van der Waals surface area contributed by atoms with Crippen molar-refractivity contribution in [2.75, 3.05) is 5.75 Å². The first-order valence-corrected chi connectivity index (χ1v) is 6.56. The van der Waals surface area contributed by atoms with E-state index in [2.05, 4.69) is 4.98 Å². The quantitative estimate of drug-likeness (QED) is 0.818. The van der Waals surface area contributed by atoms with Crippen molar-refractivity contribution in [1.29, 1.82) is 0 Å². The van der Waals surface area contributed by atoms with Crippen LogP contribution in [-0.4, -0.2) is 21.8 Å². The Morgan fingerprint density at radius 1 is 1.50 bits per heavy atom. The molecule has 0 spiro atoms. The molecule has 4 heteroatoms. The second-order valence-corrected chi connectivity index (χ2v) is 5.19. The van der Waals surface area contributed by atoms with Gasteiger partial charge in [0.1, 0.15) is 0 Å². The molecule has 0 unspecified atom stereocenters. The summed E-state index contributed by atoms with van der Waals surface area (Å²) in [5.41, 5.74) is 0.323. The normalized spacial score (nSPS) is 16.5. The van der Waals surface area contributed by atoms with Gasteiger partial charge in [0.2, 0.25) is 0 Å². The Balaban J connectivity index is 1.93. The first kappa shape index (κ1) is 11.5. The molecule has 1 aromatic rings. The van der Waals surface area contributed by atoms with Crippen LogP contribution in [0.5, 0.6) is 0 Å². The molecule has 0 radical (unpaired) electrons. The van der Waals surface area contributed by atoms with Crippen LogP contribution in [0.2, 0.25) is 0 Å². The average molecular weight is 237 g/mol. The molecule has 1 saturated carbocycles. The van der Waals surface area contributed by atoms with Gasteiger partial charge in [-0.2, -0.15) is 0 Å². The largest absolute Gasteiger partial charge is 0.478 e. The number of hydrogen-bond donors (Lipinski definition) is 1. The summed E-state index contributed by atoms with van der Waals surface area (Å²) in [6.45, 7) is 0. The Labute approximate surface area is 99.3 Å². The van der Waals surface area contributed by atoms with E-state index in [-0.39, 0.29) is 0 Å². The van der Waals surface area contributed by atoms with Crippen LogP contribution >= 0.6 is 11.8 Å². The Kier molecular flexibility index (Phi) is 3.83. The molecule has 1 N–H and O–H groups in total. The van der Waals surface area contributed by atoms with Gasteiger partial charge >= 0.3 is 5.97 Å². The van der Waals surface area contributed by atoms with Gasteiger partial charge in [-0.05, 0) is 30.9 Å². The molecule has 86 valence electrons. The van der Waals surface area contributed by atoms with Gasteiger partial charge in [0.25, 0.3) is 0 Å². The van der Waals surface area contributed by atoms with E-state index in [0.29, 0.717) is 5.56 Å². The standard InChI is InChI=1S/C12H15NO2S/c14-12(15)10-5-6-13-11(7-10)16-8-9-3-1-2-4-9/h5-7,9H,1-4,8H2,(H,14,15). The topological polar surface area (TPSA) is 50.2 Å². The Morgan fingerprint density at radius 2 is 2.25 bits per heavy atom. The van der Waals surface area contributed by atoms with Crippen molar-refractivity contribution in [3.05, 3.63) is 23.9 Å². The molecule has 1 aromatic heterocycles. The maximum absolute atomic E-state index is 10.8. The predicted molar refractivity (Wildman–Crippen MR) is 63.9 cm³/mol. The Bertz CT molecular complexity index is 375. The lowest BCUT2D eigenvalue weighted by molar-refractivity contribution is 0.0696. The summed E-state index contributed by atoms with van der Waals surface area (Å²) in [6, 6.07) is 3.18. The molecular formula is C12H15NO2S. The predicted octanol–water partition coefficient (Wildman–Crippen LogP) is 3.06. The lowest BCUT2D eigenvalue weighted by atomic mass is 10.1. The van der Waals surface area contributed by atoms with Gasteiger partial charge in [-0.15, -0.1) is 11.8 Å². The van der Waals surface area contributed by atoms with Crippen molar-refractivity contribution in [2.45, 2.75) is 30.7 Å². The summed E-state index contributed by atoms with van der Waals surface area (Å²) in [4.78, 5) is 15.0. The van der Waals surface area contributed by atoms with Crippen molar-refractivity contribution in [1.82, 2.24) is 4.98 Å². The van der Waals surface area contributed by atoms with Gasteiger partial charge in [0.05, 0.1) is 10.6 Å². The fourth-order valence-corrected chi connectivity index (χ4v) is 3.09. The lowest BCUT2D eigenvalue weighted by Crippen LogP contribution is -1.99. The van der Waals surface area contributed by atoms with Gasteiger partial charge in [-0.3, -0.25) is 0 Å². The number of nitrogens with zero attached hydrogens (tertiary/aromatic N) is 1. The van der Waals surface area contributed by atoms with Crippen LogP contribution in [0.15, 0.2) is 23.4 Å². The van der Waals surface area contributed by atoms with Gasteiger partial charge in [-0.1, -0.05) is 12.8 Å². The summed E-state index contributed by atoms with van der Waals surface area (Å²) < 4.78 is 0. The number of aromatic carboxylic acids is 1. The highest BCUT2D eigenvalue weighted by Gasteiger charge is 2.15. The number of carboxylic acid groups (broad SMARTS) is 1. The first-order valence-electron chi connectivity index (χ1n) is 5.58. The van der Waals surface area contributed by atoms with Gasteiger partial charge < -0.3 is 5.11 Å². The summed E-state index contributed by atoms with van der Waals surface area (Å²) in [5.74, 6) is 0.973. The molecule has 1 fully saturated rings. The molecule has 3 nitrogen and oxygen atoms in total. The van der Waals surface area contributed by atoms with E-state index in [9.17, 15) is 4.79 Å². The van der Waals surface area contributed by atoms with Crippen LogP contribution in [-0.2, 0) is 0 Å². The fourth-order valence-electron chi connectivity index (χ4n) is 2.00. The number of aromatic nitrogens is 1. The lowest BCUT2D eigenvalue weighted by Gasteiger charge is -2.07. The number of hydrogen-bond acceptors (Lipinski definition) is 3. The molecule has 1 aliphatic carbocycles. The van der Waals surface area contributed by atoms with E-state index in [1.807, 2.05) is 0 Å². The second kappa shape index (κ2) is 5.34. The first-order chi connectivity index (χ1) is 7.75. The SMILES string of the molecule is O=C(O)c1ccnc(SCC2CCCC2)c1. The fraction of sp³-hybridized carbons (Fsp3) is 0.500. The number of thioether (sulfide) groups is 1. The van der Waals surface area contributed by atoms with Crippen LogP contribution in [0, 0.1) is 5.92 Å². The molecular weight excluding hydrogens is 222 g/mol. The molecule has 0 saturated heterocycles. The molecule has 0 atom stereocenters. The van der Waals surface area contributed by atoms with E-state index in [4.69, 9.17) is 5.11 Å². The third kappa shape index (κ3) is 2.98. The molecule has 1 heterocycles. The van der Waals surface area contributed by atoms with Crippen molar-refractivity contribution < 1.29 is 9.90 Å². The molecule has 0 aliphatic heterocycles. The molecule has 16 heavy (non-hydrogen) atoms. The zero-order valence-corrected chi connectivity index (χ0v) is 9.87. The number of rotatable bonds is 4. The monoisotopic (exact) mass is 237 g/mol. The Hall–Kier alpha value is -1.03. The van der Waals surface area contributed by atoms with Crippen molar-refractivity contribution in [2.24, 2.45) is 5.92 Å². The highest BCUT2D eigenvalue weighted by molar-refractivity contribution is 7.99. The second-order valence-electron chi connectivity index (χ2n) is 4.15. The maximum atomic E-state index is 10.8. The number of pyridine rings is 1. The summed E-state index contributed by atoms with van der Waals surface area (Å²) in [7, 11) is 0.